The molecule has 0 spiro atoms. The monoisotopic (exact) mass is 339 g/mol. The number of anilines is 1. The van der Waals surface area contributed by atoms with Crippen molar-refractivity contribution in [2.75, 3.05) is 18.0 Å². The van der Waals surface area contributed by atoms with E-state index in [2.05, 4.69) is 27.8 Å². The van der Waals surface area contributed by atoms with E-state index in [1.54, 1.807) is 12.1 Å². The molecule has 1 aliphatic carbocycles. The molecule has 110 valence electrons. The van der Waals surface area contributed by atoms with Crippen molar-refractivity contribution >= 4 is 27.5 Å². The minimum absolute atomic E-state index is 0.402. The van der Waals surface area contributed by atoms with Gasteiger partial charge in [-0.05, 0) is 66.4 Å². The van der Waals surface area contributed by atoms with Crippen LogP contribution in [0, 0.1) is 5.92 Å². The summed E-state index contributed by atoms with van der Waals surface area (Å²) in [6, 6.07) is 6.05. The first-order valence-corrected chi connectivity index (χ1v) is 7.93. The minimum Gasteiger partial charge on any atom is -0.368 e. The summed E-state index contributed by atoms with van der Waals surface area (Å²) in [5.74, 6) is 0.152. The number of nitrogens with zero attached hydrogens (tertiary/aromatic N) is 1. The third-order valence-corrected chi connectivity index (χ3v) is 4.84. The van der Waals surface area contributed by atoms with Gasteiger partial charge in [0, 0.05) is 22.6 Å². The van der Waals surface area contributed by atoms with Gasteiger partial charge in [-0.15, -0.1) is 0 Å². The fraction of sp³-hybridized carbons (Fsp3) is 0.533. The highest BCUT2D eigenvalue weighted by Crippen LogP contribution is 2.36. The summed E-state index contributed by atoms with van der Waals surface area (Å²) >= 11 is 3.57. The Hall–Kier alpha value is -1.07. The average molecular weight is 340 g/mol. The van der Waals surface area contributed by atoms with Crippen LogP contribution >= 0.6 is 15.9 Å². The van der Waals surface area contributed by atoms with E-state index in [4.69, 9.17) is 11.5 Å². The van der Waals surface area contributed by atoms with E-state index in [-0.39, 0.29) is 0 Å². The molecule has 0 radical (unpaired) electrons. The Bertz CT molecular complexity index is 492. The Labute approximate surface area is 128 Å². The molecule has 0 bridgehead atoms. The largest absolute Gasteiger partial charge is 0.368 e. The fourth-order valence-electron chi connectivity index (χ4n) is 3.18. The van der Waals surface area contributed by atoms with Crippen molar-refractivity contribution in [3.8, 4) is 0 Å². The van der Waals surface area contributed by atoms with E-state index >= 15 is 0 Å². The van der Waals surface area contributed by atoms with Crippen molar-refractivity contribution in [2.45, 2.75) is 32.2 Å². The predicted molar refractivity (Wildman–Crippen MR) is 85.9 cm³/mol. The van der Waals surface area contributed by atoms with Crippen LogP contribution in [-0.2, 0) is 0 Å². The lowest BCUT2D eigenvalue weighted by Gasteiger charge is -2.34. The van der Waals surface area contributed by atoms with E-state index in [1.807, 2.05) is 6.07 Å². The summed E-state index contributed by atoms with van der Waals surface area (Å²) in [5, 5.41) is 0. The first kappa shape index (κ1) is 15.3. The van der Waals surface area contributed by atoms with Gasteiger partial charge in [-0.1, -0.05) is 6.42 Å². The van der Waals surface area contributed by atoms with E-state index < -0.39 is 5.91 Å². The standard InChI is InChI=1S/C15H22BrN3O/c1-2-19(13-5-3-4-11(13)9-17)14-7-6-10(15(18)20)8-12(14)16/h6-8,11,13H,2-5,9,17H2,1H3,(H2,18,20). The van der Waals surface area contributed by atoms with Crippen LogP contribution in [0.1, 0.15) is 36.5 Å². The van der Waals surface area contributed by atoms with Crippen molar-refractivity contribution in [2.24, 2.45) is 17.4 Å². The van der Waals surface area contributed by atoms with Gasteiger partial charge in [-0.2, -0.15) is 0 Å². The molecule has 1 aromatic carbocycles. The van der Waals surface area contributed by atoms with Crippen LogP contribution in [0.4, 0.5) is 5.69 Å². The number of amides is 1. The SMILES string of the molecule is CCN(c1ccc(C(N)=O)cc1Br)C1CCCC1CN. The second kappa shape index (κ2) is 6.59. The molecule has 1 amide bonds. The number of halogens is 1. The van der Waals surface area contributed by atoms with Gasteiger partial charge in [0.2, 0.25) is 5.91 Å². The van der Waals surface area contributed by atoms with Gasteiger partial charge >= 0.3 is 0 Å². The van der Waals surface area contributed by atoms with E-state index in [1.165, 1.54) is 19.3 Å². The van der Waals surface area contributed by atoms with Crippen molar-refractivity contribution in [3.05, 3.63) is 28.2 Å². The van der Waals surface area contributed by atoms with Crippen LogP contribution in [0.3, 0.4) is 0 Å². The van der Waals surface area contributed by atoms with E-state index in [9.17, 15) is 4.79 Å². The molecule has 4 N–H and O–H groups in total. The highest BCUT2D eigenvalue weighted by Gasteiger charge is 2.31. The second-order valence-corrected chi connectivity index (χ2v) is 6.16. The summed E-state index contributed by atoms with van der Waals surface area (Å²) < 4.78 is 0.915. The Balaban J connectivity index is 2.30. The Morgan fingerprint density at radius 3 is 2.75 bits per heavy atom. The first-order chi connectivity index (χ1) is 9.58. The Morgan fingerprint density at radius 2 is 2.20 bits per heavy atom. The van der Waals surface area contributed by atoms with Gasteiger partial charge in [0.05, 0.1) is 5.69 Å². The third kappa shape index (κ3) is 2.99. The maximum atomic E-state index is 11.2. The van der Waals surface area contributed by atoms with Crippen LogP contribution < -0.4 is 16.4 Å². The number of hydrogen-bond acceptors (Lipinski definition) is 3. The molecule has 1 saturated carbocycles. The quantitative estimate of drug-likeness (QED) is 0.865. The molecule has 2 unspecified atom stereocenters. The number of rotatable bonds is 5. The summed E-state index contributed by atoms with van der Waals surface area (Å²) in [4.78, 5) is 13.6. The Kier molecular flexibility index (Phi) is 5.05. The molecule has 1 aromatic rings. The summed E-state index contributed by atoms with van der Waals surface area (Å²) in [6.45, 7) is 3.81. The average Bonchev–Trinajstić information content (AvgIpc) is 2.89. The lowest BCUT2D eigenvalue weighted by molar-refractivity contribution is 0.100. The van der Waals surface area contributed by atoms with Gasteiger partial charge in [-0.25, -0.2) is 0 Å². The molecule has 2 atom stereocenters. The molecule has 5 heteroatoms. The van der Waals surface area contributed by atoms with Gasteiger partial charge in [-0.3, -0.25) is 4.79 Å². The van der Waals surface area contributed by atoms with Crippen molar-refractivity contribution < 1.29 is 4.79 Å². The van der Waals surface area contributed by atoms with Gasteiger partial charge in [0.1, 0.15) is 0 Å². The zero-order valence-corrected chi connectivity index (χ0v) is 13.4. The molecule has 0 aromatic heterocycles. The maximum Gasteiger partial charge on any atom is 0.248 e. The molecule has 0 saturated heterocycles. The van der Waals surface area contributed by atoms with Crippen LogP contribution in [0.2, 0.25) is 0 Å². The number of primary amides is 1. The number of benzene rings is 1. The fourth-order valence-corrected chi connectivity index (χ4v) is 3.79. The van der Waals surface area contributed by atoms with Crippen LogP contribution in [0.5, 0.6) is 0 Å². The van der Waals surface area contributed by atoms with Gasteiger partial charge in [0.25, 0.3) is 0 Å². The second-order valence-electron chi connectivity index (χ2n) is 5.31. The number of nitrogens with two attached hydrogens (primary N) is 2. The third-order valence-electron chi connectivity index (χ3n) is 4.20. The van der Waals surface area contributed by atoms with Crippen molar-refractivity contribution in [3.63, 3.8) is 0 Å². The molecule has 2 rings (SSSR count). The highest BCUT2D eigenvalue weighted by molar-refractivity contribution is 9.10. The van der Waals surface area contributed by atoms with Gasteiger partial charge < -0.3 is 16.4 Å². The summed E-state index contributed by atoms with van der Waals surface area (Å²) in [7, 11) is 0. The number of hydrogen-bond donors (Lipinski definition) is 2. The zero-order valence-electron chi connectivity index (χ0n) is 11.8. The molecule has 4 nitrogen and oxygen atoms in total. The number of carbonyl (C=O) groups excluding carboxylic acids is 1. The summed E-state index contributed by atoms with van der Waals surface area (Å²) in [5.41, 5.74) is 12.9. The van der Waals surface area contributed by atoms with Crippen molar-refractivity contribution in [1.29, 1.82) is 0 Å². The van der Waals surface area contributed by atoms with Crippen LogP contribution in [0.25, 0.3) is 0 Å². The normalized spacial score (nSPS) is 21.9. The molecule has 20 heavy (non-hydrogen) atoms. The molecule has 0 heterocycles. The van der Waals surface area contributed by atoms with Crippen LogP contribution in [0.15, 0.2) is 22.7 Å². The molecule has 1 aliphatic rings. The van der Waals surface area contributed by atoms with Gasteiger partial charge in [0.15, 0.2) is 0 Å². The molecular weight excluding hydrogens is 318 g/mol. The van der Waals surface area contributed by atoms with Crippen molar-refractivity contribution in [1.82, 2.24) is 0 Å². The molecular formula is C15H22BrN3O. The highest BCUT2D eigenvalue weighted by atomic mass is 79.9. The predicted octanol–water partition coefficient (Wildman–Crippen LogP) is 2.50. The van der Waals surface area contributed by atoms with Crippen LogP contribution in [-0.4, -0.2) is 25.0 Å². The van der Waals surface area contributed by atoms with E-state index in [0.717, 1.165) is 23.2 Å². The Morgan fingerprint density at radius 1 is 1.45 bits per heavy atom. The minimum atomic E-state index is -0.402. The lowest BCUT2D eigenvalue weighted by Crippen LogP contribution is -2.40. The smallest absolute Gasteiger partial charge is 0.248 e. The maximum absolute atomic E-state index is 11.2. The van der Waals surface area contributed by atoms with E-state index in [0.29, 0.717) is 17.5 Å². The topological polar surface area (TPSA) is 72.3 Å². The zero-order chi connectivity index (χ0) is 14.7. The first-order valence-electron chi connectivity index (χ1n) is 7.14. The molecule has 1 fully saturated rings. The lowest BCUT2D eigenvalue weighted by atomic mass is 10.0. The number of carbonyl (C=O) groups is 1. The molecule has 0 aliphatic heterocycles. The summed E-state index contributed by atoms with van der Waals surface area (Å²) in [6.07, 6.45) is 3.62.